The van der Waals surface area contributed by atoms with E-state index >= 15 is 0 Å². The molecule has 0 aliphatic carbocycles. The third-order valence-corrected chi connectivity index (χ3v) is 3.35. The van der Waals surface area contributed by atoms with Crippen molar-refractivity contribution in [1.82, 2.24) is 10.7 Å². The molecule has 0 spiro atoms. The van der Waals surface area contributed by atoms with E-state index in [1.165, 1.54) is 6.21 Å². The molecule has 7 nitrogen and oxygen atoms in total. The summed E-state index contributed by atoms with van der Waals surface area (Å²) in [5.41, 5.74) is 2.98. The van der Waals surface area contributed by atoms with E-state index in [4.69, 9.17) is 9.47 Å². The molecule has 1 saturated heterocycles. The van der Waals surface area contributed by atoms with Gasteiger partial charge in [-0.05, 0) is 56.5 Å². The normalized spacial score (nSPS) is 17.2. The summed E-state index contributed by atoms with van der Waals surface area (Å²) in [6.45, 7) is 4.95. The molecule has 0 bridgehead atoms. The molecule has 0 aromatic heterocycles. The fourth-order valence-electron chi connectivity index (χ4n) is 2.21. The first-order chi connectivity index (χ1) is 11.5. The molecule has 1 aliphatic rings. The van der Waals surface area contributed by atoms with Crippen LogP contribution in [0.3, 0.4) is 0 Å². The lowest BCUT2D eigenvalue weighted by atomic mass is 10.2. The molecule has 0 radical (unpaired) electrons. The largest absolute Gasteiger partial charge is 0.491 e. The minimum atomic E-state index is -0.802. The van der Waals surface area contributed by atoms with Crippen LogP contribution in [0, 0.1) is 0 Å². The summed E-state index contributed by atoms with van der Waals surface area (Å²) in [4.78, 5) is 23.2. The molecule has 130 valence electrons. The monoisotopic (exact) mass is 333 g/mol. The second kappa shape index (κ2) is 9.02. The van der Waals surface area contributed by atoms with E-state index in [0.29, 0.717) is 13.2 Å². The van der Waals surface area contributed by atoms with Crippen LogP contribution in [0.5, 0.6) is 5.75 Å². The Morgan fingerprint density at radius 1 is 1.33 bits per heavy atom. The van der Waals surface area contributed by atoms with Crippen LogP contribution in [0.15, 0.2) is 29.4 Å². The van der Waals surface area contributed by atoms with Crippen molar-refractivity contribution in [1.29, 1.82) is 0 Å². The van der Waals surface area contributed by atoms with Gasteiger partial charge in [0, 0.05) is 13.2 Å². The number of amides is 2. The molecule has 0 saturated carbocycles. The highest BCUT2D eigenvalue weighted by molar-refractivity contribution is 6.35. The zero-order valence-corrected chi connectivity index (χ0v) is 14.0. The number of carbonyl (C=O) groups excluding carboxylic acids is 2. The molecule has 1 aromatic carbocycles. The zero-order valence-electron chi connectivity index (χ0n) is 14.0. The van der Waals surface area contributed by atoms with Crippen molar-refractivity contribution in [2.75, 3.05) is 13.2 Å². The van der Waals surface area contributed by atoms with Gasteiger partial charge in [0.15, 0.2) is 0 Å². The Hall–Kier alpha value is -2.41. The summed E-state index contributed by atoms with van der Waals surface area (Å²) in [5.74, 6) is -0.757. The predicted octanol–water partition coefficient (Wildman–Crippen LogP) is 1.22. The standard InChI is InChI=1S/C17H23N3O4/c1-12(2)24-14-7-5-13(6-8-14)10-19-20-17(22)16(21)18-11-15-4-3-9-23-15/h5-8,10,12,15H,3-4,9,11H2,1-2H3,(H,18,21)(H,20,22)/b19-10-/t15-/m0/s1. The molecule has 7 heteroatoms. The number of ether oxygens (including phenoxy) is 2. The Kier molecular flexibility index (Phi) is 6.74. The van der Waals surface area contributed by atoms with E-state index in [2.05, 4.69) is 15.8 Å². The summed E-state index contributed by atoms with van der Waals surface area (Å²) in [6.07, 6.45) is 3.45. The summed E-state index contributed by atoms with van der Waals surface area (Å²) < 4.78 is 10.9. The molecule has 1 atom stereocenters. The first kappa shape index (κ1) is 17.9. The van der Waals surface area contributed by atoms with Gasteiger partial charge in [0.2, 0.25) is 0 Å². The van der Waals surface area contributed by atoms with Gasteiger partial charge in [-0.15, -0.1) is 0 Å². The van der Waals surface area contributed by atoms with E-state index in [1.54, 1.807) is 0 Å². The number of hydrogen-bond donors (Lipinski definition) is 2. The highest BCUT2D eigenvalue weighted by Crippen LogP contribution is 2.12. The first-order valence-electron chi connectivity index (χ1n) is 8.04. The number of hydrazone groups is 1. The maximum absolute atomic E-state index is 11.6. The number of carbonyl (C=O) groups is 2. The lowest BCUT2D eigenvalue weighted by molar-refractivity contribution is -0.139. The second-order valence-corrected chi connectivity index (χ2v) is 5.78. The van der Waals surface area contributed by atoms with Gasteiger partial charge in [-0.2, -0.15) is 5.10 Å². The lowest BCUT2D eigenvalue weighted by Gasteiger charge is -2.09. The van der Waals surface area contributed by atoms with Crippen LogP contribution in [0.2, 0.25) is 0 Å². The molecular formula is C17H23N3O4. The Morgan fingerprint density at radius 3 is 2.71 bits per heavy atom. The smallest absolute Gasteiger partial charge is 0.329 e. The fraction of sp³-hybridized carbons (Fsp3) is 0.471. The van der Waals surface area contributed by atoms with Crippen molar-refractivity contribution in [3.63, 3.8) is 0 Å². The molecule has 1 fully saturated rings. The van der Waals surface area contributed by atoms with Crippen LogP contribution in [-0.4, -0.2) is 43.4 Å². The molecule has 2 amide bonds. The zero-order chi connectivity index (χ0) is 17.4. The van der Waals surface area contributed by atoms with Gasteiger partial charge in [-0.25, -0.2) is 5.43 Å². The number of nitrogens with zero attached hydrogens (tertiary/aromatic N) is 1. The van der Waals surface area contributed by atoms with Gasteiger partial charge in [0.05, 0.1) is 18.4 Å². The predicted molar refractivity (Wildman–Crippen MR) is 89.9 cm³/mol. The Labute approximate surface area is 141 Å². The number of nitrogens with one attached hydrogen (secondary N) is 2. The molecule has 1 aliphatic heterocycles. The van der Waals surface area contributed by atoms with Gasteiger partial charge in [0.25, 0.3) is 0 Å². The van der Waals surface area contributed by atoms with Gasteiger partial charge in [-0.1, -0.05) is 0 Å². The fourth-order valence-corrected chi connectivity index (χ4v) is 2.21. The maximum Gasteiger partial charge on any atom is 0.329 e. The first-order valence-corrected chi connectivity index (χ1v) is 8.04. The SMILES string of the molecule is CC(C)Oc1ccc(/C=N\NC(=O)C(=O)NC[C@@H]2CCCO2)cc1. The molecule has 2 N–H and O–H groups in total. The van der Waals surface area contributed by atoms with Crippen LogP contribution < -0.4 is 15.5 Å². The topological polar surface area (TPSA) is 89.0 Å². The Bertz CT molecular complexity index is 578. The Morgan fingerprint density at radius 2 is 2.08 bits per heavy atom. The van der Waals surface area contributed by atoms with Crippen LogP contribution in [0.4, 0.5) is 0 Å². The quantitative estimate of drug-likeness (QED) is 0.465. The summed E-state index contributed by atoms with van der Waals surface area (Å²) >= 11 is 0. The number of rotatable bonds is 6. The van der Waals surface area contributed by atoms with Crippen LogP contribution in [-0.2, 0) is 14.3 Å². The van der Waals surface area contributed by atoms with Crippen molar-refractivity contribution < 1.29 is 19.1 Å². The van der Waals surface area contributed by atoms with Crippen molar-refractivity contribution in [3.8, 4) is 5.75 Å². The van der Waals surface area contributed by atoms with E-state index in [0.717, 1.165) is 24.2 Å². The number of hydrogen-bond acceptors (Lipinski definition) is 5. The average molecular weight is 333 g/mol. The molecular weight excluding hydrogens is 310 g/mol. The van der Waals surface area contributed by atoms with Gasteiger partial charge >= 0.3 is 11.8 Å². The summed E-state index contributed by atoms with van der Waals surface area (Å²) in [6, 6.07) is 7.25. The molecule has 0 unspecified atom stereocenters. The highest BCUT2D eigenvalue weighted by atomic mass is 16.5. The second-order valence-electron chi connectivity index (χ2n) is 5.78. The van der Waals surface area contributed by atoms with Crippen molar-refractivity contribution in [3.05, 3.63) is 29.8 Å². The van der Waals surface area contributed by atoms with Crippen LogP contribution in [0.1, 0.15) is 32.3 Å². The van der Waals surface area contributed by atoms with Crippen molar-refractivity contribution >= 4 is 18.0 Å². The maximum atomic E-state index is 11.6. The molecule has 2 rings (SSSR count). The summed E-state index contributed by atoms with van der Waals surface area (Å²) in [7, 11) is 0. The lowest BCUT2D eigenvalue weighted by Crippen LogP contribution is -2.41. The molecule has 1 aromatic rings. The number of benzene rings is 1. The molecule has 1 heterocycles. The van der Waals surface area contributed by atoms with E-state index in [1.807, 2.05) is 38.1 Å². The van der Waals surface area contributed by atoms with Gasteiger partial charge in [-0.3, -0.25) is 9.59 Å². The summed E-state index contributed by atoms with van der Waals surface area (Å²) in [5, 5.41) is 6.31. The third kappa shape index (κ3) is 6.00. The van der Waals surface area contributed by atoms with Crippen LogP contribution >= 0.6 is 0 Å². The molecule has 24 heavy (non-hydrogen) atoms. The van der Waals surface area contributed by atoms with Gasteiger partial charge < -0.3 is 14.8 Å². The van der Waals surface area contributed by atoms with Crippen LogP contribution in [0.25, 0.3) is 0 Å². The minimum Gasteiger partial charge on any atom is -0.491 e. The van der Waals surface area contributed by atoms with E-state index in [-0.39, 0.29) is 12.2 Å². The van der Waals surface area contributed by atoms with Crippen molar-refractivity contribution in [2.24, 2.45) is 5.10 Å². The third-order valence-electron chi connectivity index (χ3n) is 3.35. The van der Waals surface area contributed by atoms with E-state index in [9.17, 15) is 9.59 Å². The van der Waals surface area contributed by atoms with Crippen molar-refractivity contribution in [2.45, 2.75) is 38.9 Å². The minimum absolute atomic E-state index is 0.00294. The van der Waals surface area contributed by atoms with Gasteiger partial charge in [0.1, 0.15) is 5.75 Å². The highest BCUT2D eigenvalue weighted by Gasteiger charge is 2.18. The van der Waals surface area contributed by atoms with E-state index < -0.39 is 11.8 Å². The average Bonchev–Trinajstić information content (AvgIpc) is 3.07. The Balaban J connectivity index is 1.73.